The van der Waals surface area contributed by atoms with E-state index in [0.717, 1.165) is 0 Å². The van der Waals surface area contributed by atoms with Gasteiger partial charge in [0, 0.05) is 11.6 Å². The molecule has 0 bridgehead atoms. The Morgan fingerprint density at radius 3 is 2.62 bits per heavy atom. The Bertz CT molecular complexity index is 696. The van der Waals surface area contributed by atoms with Crippen LogP contribution in [0.2, 0.25) is 0 Å². The Morgan fingerprint density at radius 1 is 1.24 bits per heavy atom. The summed E-state index contributed by atoms with van der Waals surface area (Å²) < 4.78 is 5.50. The molecule has 0 radical (unpaired) electrons. The van der Waals surface area contributed by atoms with Crippen LogP contribution in [0.1, 0.15) is 22.8 Å². The predicted molar refractivity (Wildman–Crippen MR) is 75.5 cm³/mol. The number of phenolic OH excluding ortho intramolecular Hbond substituents is 1. The van der Waals surface area contributed by atoms with E-state index in [4.69, 9.17) is 4.74 Å². The summed E-state index contributed by atoms with van der Waals surface area (Å²) >= 11 is 0. The van der Waals surface area contributed by atoms with Gasteiger partial charge in [-0.05, 0) is 19.1 Å². The van der Waals surface area contributed by atoms with Gasteiger partial charge < -0.3 is 9.84 Å². The van der Waals surface area contributed by atoms with Gasteiger partial charge in [0.25, 0.3) is 0 Å². The molecule has 0 fully saturated rings. The van der Waals surface area contributed by atoms with Gasteiger partial charge in [0.2, 0.25) is 5.75 Å². The quantitative estimate of drug-likeness (QED) is 0.518. The zero-order chi connectivity index (χ0) is 15.4. The van der Waals surface area contributed by atoms with Gasteiger partial charge in [-0.1, -0.05) is 24.3 Å². The minimum absolute atomic E-state index is 0.0716. The number of ether oxygens (including phenoxy) is 1. The van der Waals surface area contributed by atoms with E-state index < -0.39 is 10.7 Å². The third-order valence-electron chi connectivity index (χ3n) is 2.94. The minimum Gasteiger partial charge on any atom is -0.502 e. The van der Waals surface area contributed by atoms with Crippen LogP contribution in [-0.4, -0.2) is 15.8 Å². The van der Waals surface area contributed by atoms with Crippen LogP contribution in [0.25, 0.3) is 0 Å². The SMILES string of the molecule is CC(=O)c1ccccc1OCc1cccc([N+](=O)[O-])c1O. The van der Waals surface area contributed by atoms with Gasteiger partial charge in [-0.15, -0.1) is 0 Å². The van der Waals surface area contributed by atoms with Crippen LogP contribution in [0.15, 0.2) is 42.5 Å². The van der Waals surface area contributed by atoms with Crippen molar-refractivity contribution < 1.29 is 19.6 Å². The summed E-state index contributed by atoms with van der Waals surface area (Å²) in [5, 5.41) is 20.6. The molecular weight excluding hydrogens is 274 g/mol. The van der Waals surface area contributed by atoms with E-state index in [9.17, 15) is 20.0 Å². The van der Waals surface area contributed by atoms with Crippen molar-refractivity contribution in [1.82, 2.24) is 0 Å². The first kappa shape index (κ1) is 14.5. The van der Waals surface area contributed by atoms with Crippen molar-refractivity contribution in [3.8, 4) is 11.5 Å². The molecule has 0 atom stereocenters. The molecule has 2 aromatic rings. The zero-order valence-electron chi connectivity index (χ0n) is 11.3. The molecule has 6 nitrogen and oxygen atoms in total. The Labute approximate surface area is 120 Å². The Morgan fingerprint density at radius 2 is 1.95 bits per heavy atom. The summed E-state index contributed by atoms with van der Waals surface area (Å²) in [6, 6.07) is 10.9. The molecule has 0 aliphatic rings. The molecule has 0 saturated heterocycles. The van der Waals surface area contributed by atoms with Gasteiger partial charge in [0.1, 0.15) is 12.4 Å². The number of nitro groups is 1. The smallest absolute Gasteiger partial charge is 0.311 e. The maximum atomic E-state index is 11.5. The molecule has 6 heteroatoms. The maximum absolute atomic E-state index is 11.5. The second-order valence-corrected chi connectivity index (χ2v) is 4.38. The van der Waals surface area contributed by atoms with Gasteiger partial charge in [-0.3, -0.25) is 14.9 Å². The molecular formula is C15H13NO5. The Balaban J connectivity index is 2.23. The lowest BCUT2D eigenvalue weighted by Gasteiger charge is -2.10. The number of para-hydroxylation sites is 2. The van der Waals surface area contributed by atoms with Crippen LogP contribution in [0.4, 0.5) is 5.69 Å². The van der Waals surface area contributed by atoms with E-state index in [2.05, 4.69) is 0 Å². The number of benzene rings is 2. The lowest BCUT2D eigenvalue weighted by atomic mass is 10.1. The second kappa shape index (κ2) is 6.04. The molecule has 0 amide bonds. The lowest BCUT2D eigenvalue weighted by molar-refractivity contribution is -0.386. The molecule has 0 unspecified atom stereocenters. The first-order valence-corrected chi connectivity index (χ1v) is 6.18. The van der Waals surface area contributed by atoms with Gasteiger partial charge >= 0.3 is 5.69 Å². The molecule has 0 spiro atoms. The highest BCUT2D eigenvalue weighted by molar-refractivity contribution is 5.96. The fourth-order valence-electron chi connectivity index (χ4n) is 1.88. The highest BCUT2D eigenvalue weighted by Crippen LogP contribution is 2.30. The van der Waals surface area contributed by atoms with Crippen LogP contribution in [0, 0.1) is 10.1 Å². The van der Waals surface area contributed by atoms with E-state index in [0.29, 0.717) is 11.3 Å². The van der Waals surface area contributed by atoms with Crippen molar-refractivity contribution in [3.63, 3.8) is 0 Å². The van der Waals surface area contributed by atoms with Crippen LogP contribution in [0.3, 0.4) is 0 Å². The summed E-state index contributed by atoms with van der Waals surface area (Å²) in [6.45, 7) is 1.35. The van der Waals surface area contributed by atoms with Crippen LogP contribution in [0.5, 0.6) is 11.5 Å². The average Bonchev–Trinajstić information content (AvgIpc) is 2.46. The molecule has 108 valence electrons. The second-order valence-electron chi connectivity index (χ2n) is 4.38. The number of rotatable bonds is 5. The minimum atomic E-state index is -0.664. The van der Waals surface area contributed by atoms with E-state index in [-0.39, 0.29) is 23.6 Å². The van der Waals surface area contributed by atoms with E-state index in [1.807, 2.05) is 0 Å². The van der Waals surface area contributed by atoms with Crippen LogP contribution < -0.4 is 4.74 Å². The Hall–Kier alpha value is -2.89. The molecule has 0 aliphatic carbocycles. The van der Waals surface area contributed by atoms with Crippen LogP contribution >= 0.6 is 0 Å². The number of hydrogen-bond donors (Lipinski definition) is 1. The molecule has 2 aromatic carbocycles. The molecule has 1 N–H and O–H groups in total. The monoisotopic (exact) mass is 287 g/mol. The summed E-state index contributed by atoms with van der Waals surface area (Å²) in [5.74, 6) is -0.201. The van der Waals surface area contributed by atoms with E-state index in [1.54, 1.807) is 24.3 Å². The standard InChI is InChI=1S/C15H13NO5/c1-10(17)12-6-2-3-8-14(12)21-9-11-5-4-7-13(15(11)18)16(19)20/h2-8,18H,9H2,1H3. The number of phenols is 1. The fourth-order valence-corrected chi connectivity index (χ4v) is 1.88. The average molecular weight is 287 g/mol. The number of carbonyl (C=O) groups excluding carboxylic acids is 1. The predicted octanol–water partition coefficient (Wildman–Crippen LogP) is 3.08. The van der Waals surface area contributed by atoms with Crippen LogP contribution in [-0.2, 0) is 6.61 Å². The Kier molecular flexibility index (Phi) is 4.18. The maximum Gasteiger partial charge on any atom is 0.311 e. The third kappa shape index (κ3) is 3.17. The normalized spacial score (nSPS) is 10.1. The zero-order valence-corrected chi connectivity index (χ0v) is 11.3. The largest absolute Gasteiger partial charge is 0.502 e. The third-order valence-corrected chi connectivity index (χ3v) is 2.94. The summed E-state index contributed by atoms with van der Waals surface area (Å²) in [6.07, 6.45) is 0. The number of Topliss-reactive ketones (excluding diaryl/α,β-unsaturated/α-hetero) is 1. The first-order valence-electron chi connectivity index (χ1n) is 6.18. The highest BCUT2D eigenvalue weighted by atomic mass is 16.6. The first-order chi connectivity index (χ1) is 10.0. The van der Waals surface area contributed by atoms with Crippen molar-refractivity contribution in [2.45, 2.75) is 13.5 Å². The van der Waals surface area contributed by atoms with Crippen molar-refractivity contribution in [3.05, 3.63) is 63.7 Å². The molecule has 21 heavy (non-hydrogen) atoms. The lowest BCUT2D eigenvalue weighted by Crippen LogP contribution is -2.02. The van der Waals surface area contributed by atoms with Gasteiger partial charge in [-0.25, -0.2) is 0 Å². The number of nitro benzene ring substituents is 1. The van der Waals surface area contributed by atoms with Gasteiger partial charge in [-0.2, -0.15) is 0 Å². The molecule has 2 rings (SSSR count). The van der Waals surface area contributed by atoms with Crippen molar-refractivity contribution in [2.24, 2.45) is 0 Å². The molecule has 0 aliphatic heterocycles. The summed E-state index contributed by atoms with van der Waals surface area (Å²) in [7, 11) is 0. The topological polar surface area (TPSA) is 89.7 Å². The van der Waals surface area contributed by atoms with Crippen molar-refractivity contribution >= 4 is 11.5 Å². The van der Waals surface area contributed by atoms with Gasteiger partial charge in [0.05, 0.1) is 10.5 Å². The summed E-state index contributed by atoms with van der Waals surface area (Å²) in [4.78, 5) is 21.6. The number of hydrogen-bond acceptors (Lipinski definition) is 5. The number of ketones is 1. The van der Waals surface area contributed by atoms with E-state index >= 15 is 0 Å². The molecule has 0 aromatic heterocycles. The van der Waals surface area contributed by atoms with E-state index in [1.165, 1.54) is 25.1 Å². The summed E-state index contributed by atoms with van der Waals surface area (Å²) in [5.41, 5.74) is 0.320. The molecule has 0 heterocycles. The van der Waals surface area contributed by atoms with Gasteiger partial charge in [0.15, 0.2) is 5.78 Å². The highest BCUT2D eigenvalue weighted by Gasteiger charge is 2.17. The van der Waals surface area contributed by atoms with Crippen molar-refractivity contribution in [1.29, 1.82) is 0 Å². The fraction of sp³-hybridized carbons (Fsp3) is 0.133. The van der Waals surface area contributed by atoms with Crippen molar-refractivity contribution in [2.75, 3.05) is 0 Å². The number of nitrogens with zero attached hydrogens (tertiary/aromatic N) is 1. The molecule has 0 saturated carbocycles. The number of carbonyl (C=O) groups is 1. The number of aromatic hydroxyl groups is 1.